The molecule has 106 valence electrons. The number of aryl methyl sites for hydroxylation is 1. The number of carbonyl (C=O) groups excluding carboxylic acids is 2. The van der Waals surface area contributed by atoms with Crippen molar-refractivity contribution in [3.63, 3.8) is 0 Å². The van der Waals surface area contributed by atoms with Gasteiger partial charge in [0, 0.05) is 18.0 Å². The van der Waals surface area contributed by atoms with Crippen molar-refractivity contribution in [3.8, 4) is 6.07 Å². The summed E-state index contributed by atoms with van der Waals surface area (Å²) in [6, 6.07) is 2.12. The van der Waals surface area contributed by atoms with Crippen LogP contribution < -0.4 is 10.6 Å². The minimum absolute atomic E-state index is 0.0652. The first kappa shape index (κ1) is 14.5. The van der Waals surface area contributed by atoms with Crippen molar-refractivity contribution in [2.45, 2.75) is 13.8 Å². The standard InChI is InChI=1S/C13H16N4O2S/c1-8-9(2)20-13(10(8)5-14)16-12(19)7-17-4-3-15-11(18)6-17/h3-4,6-7H2,1-2H3,(H,15,18)(H,16,19). The van der Waals surface area contributed by atoms with Gasteiger partial charge >= 0.3 is 0 Å². The second-order valence-electron chi connectivity index (χ2n) is 4.71. The van der Waals surface area contributed by atoms with Crippen LogP contribution in [0, 0.1) is 25.2 Å². The van der Waals surface area contributed by atoms with Gasteiger partial charge in [0.25, 0.3) is 0 Å². The van der Waals surface area contributed by atoms with E-state index in [1.54, 1.807) is 4.90 Å². The smallest absolute Gasteiger partial charge is 0.239 e. The predicted molar refractivity (Wildman–Crippen MR) is 76.6 cm³/mol. The van der Waals surface area contributed by atoms with Crippen molar-refractivity contribution < 1.29 is 9.59 Å². The second-order valence-corrected chi connectivity index (χ2v) is 5.93. The summed E-state index contributed by atoms with van der Waals surface area (Å²) in [5, 5.41) is 15.2. The normalized spacial score (nSPS) is 15.6. The van der Waals surface area contributed by atoms with Crippen LogP contribution in [0.25, 0.3) is 0 Å². The van der Waals surface area contributed by atoms with Crippen LogP contribution in [0.2, 0.25) is 0 Å². The topological polar surface area (TPSA) is 85.2 Å². The summed E-state index contributed by atoms with van der Waals surface area (Å²) in [5.74, 6) is -0.262. The summed E-state index contributed by atoms with van der Waals surface area (Å²) in [4.78, 5) is 26.0. The van der Waals surface area contributed by atoms with Gasteiger partial charge in [-0.1, -0.05) is 0 Å². The molecule has 1 aromatic rings. The molecule has 1 aliphatic heterocycles. The number of rotatable bonds is 3. The highest BCUT2D eigenvalue weighted by molar-refractivity contribution is 7.16. The molecule has 1 saturated heterocycles. The third-order valence-electron chi connectivity index (χ3n) is 3.23. The molecule has 1 aliphatic rings. The molecule has 0 saturated carbocycles. The van der Waals surface area contributed by atoms with Crippen LogP contribution in [-0.2, 0) is 9.59 Å². The van der Waals surface area contributed by atoms with Gasteiger partial charge in [-0.3, -0.25) is 14.5 Å². The van der Waals surface area contributed by atoms with E-state index in [4.69, 9.17) is 5.26 Å². The summed E-state index contributed by atoms with van der Waals surface area (Å²) >= 11 is 1.40. The first-order valence-corrected chi connectivity index (χ1v) is 7.12. The van der Waals surface area contributed by atoms with E-state index in [0.717, 1.165) is 10.4 Å². The Hall–Kier alpha value is -1.91. The summed E-state index contributed by atoms with van der Waals surface area (Å²) in [6.07, 6.45) is 0. The van der Waals surface area contributed by atoms with Gasteiger partial charge in [-0.25, -0.2) is 0 Å². The van der Waals surface area contributed by atoms with E-state index in [2.05, 4.69) is 16.7 Å². The van der Waals surface area contributed by atoms with Gasteiger partial charge in [-0.2, -0.15) is 5.26 Å². The van der Waals surface area contributed by atoms with Gasteiger partial charge < -0.3 is 10.6 Å². The third-order valence-corrected chi connectivity index (χ3v) is 4.36. The molecule has 1 fully saturated rings. The van der Waals surface area contributed by atoms with Crippen molar-refractivity contribution in [2.24, 2.45) is 0 Å². The number of carbonyl (C=O) groups is 2. The number of anilines is 1. The van der Waals surface area contributed by atoms with Crippen molar-refractivity contribution in [1.29, 1.82) is 5.26 Å². The number of hydrogen-bond donors (Lipinski definition) is 2. The Morgan fingerprint density at radius 3 is 2.95 bits per heavy atom. The molecular formula is C13H16N4O2S. The van der Waals surface area contributed by atoms with E-state index in [9.17, 15) is 9.59 Å². The first-order valence-electron chi connectivity index (χ1n) is 6.30. The van der Waals surface area contributed by atoms with Gasteiger partial charge in [-0.05, 0) is 19.4 Å². The lowest BCUT2D eigenvalue weighted by Gasteiger charge is -2.25. The predicted octanol–water partition coefficient (Wildman–Crippen LogP) is 0.607. The molecule has 6 nitrogen and oxygen atoms in total. The van der Waals surface area contributed by atoms with Crippen LogP contribution in [0.15, 0.2) is 0 Å². The van der Waals surface area contributed by atoms with E-state index in [1.807, 2.05) is 13.8 Å². The summed E-state index contributed by atoms with van der Waals surface area (Å²) < 4.78 is 0. The van der Waals surface area contributed by atoms with Gasteiger partial charge in [0.15, 0.2) is 0 Å². The van der Waals surface area contributed by atoms with Crippen molar-refractivity contribution in [2.75, 3.05) is 31.5 Å². The highest BCUT2D eigenvalue weighted by Gasteiger charge is 2.20. The van der Waals surface area contributed by atoms with Gasteiger partial charge in [-0.15, -0.1) is 11.3 Å². The molecule has 0 bridgehead atoms. The van der Waals surface area contributed by atoms with E-state index < -0.39 is 0 Å². The zero-order valence-corrected chi connectivity index (χ0v) is 12.3. The zero-order valence-electron chi connectivity index (χ0n) is 11.4. The summed E-state index contributed by atoms with van der Waals surface area (Å²) in [7, 11) is 0. The second kappa shape index (κ2) is 6.03. The number of nitriles is 1. The van der Waals surface area contributed by atoms with Crippen LogP contribution >= 0.6 is 11.3 Å². The number of piperazine rings is 1. The Balaban J connectivity index is 2.00. The monoisotopic (exact) mass is 292 g/mol. The highest BCUT2D eigenvalue weighted by atomic mass is 32.1. The third kappa shape index (κ3) is 3.15. The quantitative estimate of drug-likeness (QED) is 0.854. The number of thiophene rings is 1. The fourth-order valence-corrected chi connectivity index (χ4v) is 3.07. The van der Waals surface area contributed by atoms with Crippen LogP contribution in [0.5, 0.6) is 0 Å². The molecule has 2 heterocycles. The van der Waals surface area contributed by atoms with E-state index in [0.29, 0.717) is 23.7 Å². The summed E-state index contributed by atoms with van der Waals surface area (Å²) in [5.41, 5.74) is 1.43. The molecule has 0 aliphatic carbocycles. The van der Waals surface area contributed by atoms with Gasteiger partial charge in [0.2, 0.25) is 11.8 Å². The molecule has 7 heteroatoms. The highest BCUT2D eigenvalue weighted by Crippen LogP contribution is 2.31. The minimum atomic E-state index is -0.197. The lowest BCUT2D eigenvalue weighted by Crippen LogP contribution is -2.49. The molecular weight excluding hydrogens is 276 g/mol. The first-order chi connectivity index (χ1) is 9.51. The van der Waals surface area contributed by atoms with Gasteiger partial charge in [0.1, 0.15) is 11.1 Å². The molecule has 2 N–H and O–H groups in total. The number of hydrogen-bond acceptors (Lipinski definition) is 5. The largest absolute Gasteiger partial charge is 0.354 e. The van der Waals surface area contributed by atoms with E-state index >= 15 is 0 Å². The van der Waals surface area contributed by atoms with Crippen molar-refractivity contribution in [3.05, 3.63) is 16.0 Å². The lowest BCUT2D eigenvalue weighted by atomic mass is 10.2. The Morgan fingerprint density at radius 1 is 1.55 bits per heavy atom. The van der Waals surface area contributed by atoms with Crippen molar-refractivity contribution >= 4 is 28.2 Å². The maximum Gasteiger partial charge on any atom is 0.239 e. The molecule has 0 unspecified atom stereocenters. The molecule has 0 spiro atoms. The molecule has 0 aromatic carbocycles. The zero-order chi connectivity index (χ0) is 14.7. The average Bonchev–Trinajstić information content (AvgIpc) is 2.64. The molecule has 0 radical (unpaired) electrons. The number of nitrogens with one attached hydrogen (secondary N) is 2. The fourth-order valence-electron chi connectivity index (χ4n) is 2.05. The Morgan fingerprint density at radius 2 is 2.30 bits per heavy atom. The van der Waals surface area contributed by atoms with E-state index in [1.165, 1.54) is 11.3 Å². The average molecular weight is 292 g/mol. The molecule has 2 amide bonds. The Kier molecular flexibility index (Phi) is 4.37. The lowest BCUT2D eigenvalue weighted by molar-refractivity contribution is -0.125. The Bertz CT molecular complexity index is 588. The summed E-state index contributed by atoms with van der Waals surface area (Å²) in [6.45, 7) is 5.41. The SMILES string of the molecule is Cc1sc(NC(=O)CN2CCNC(=O)C2)c(C#N)c1C. The molecule has 20 heavy (non-hydrogen) atoms. The van der Waals surface area contributed by atoms with Crippen LogP contribution in [0.3, 0.4) is 0 Å². The minimum Gasteiger partial charge on any atom is -0.354 e. The number of amides is 2. The van der Waals surface area contributed by atoms with Crippen LogP contribution in [0.4, 0.5) is 5.00 Å². The van der Waals surface area contributed by atoms with E-state index in [-0.39, 0.29) is 24.9 Å². The molecule has 2 rings (SSSR count). The molecule has 0 atom stereocenters. The Labute approximate surface area is 121 Å². The maximum atomic E-state index is 12.0. The van der Waals surface area contributed by atoms with Crippen molar-refractivity contribution in [1.82, 2.24) is 10.2 Å². The van der Waals surface area contributed by atoms with Crippen LogP contribution in [-0.4, -0.2) is 42.9 Å². The maximum absolute atomic E-state index is 12.0. The van der Waals surface area contributed by atoms with Gasteiger partial charge in [0.05, 0.1) is 18.7 Å². The fraction of sp³-hybridized carbons (Fsp3) is 0.462. The number of nitrogens with zero attached hydrogens (tertiary/aromatic N) is 2. The molecule has 1 aromatic heterocycles. The van der Waals surface area contributed by atoms with Crippen LogP contribution in [0.1, 0.15) is 16.0 Å².